The first-order chi connectivity index (χ1) is 15.3. The summed E-state index contributed by atoms with van der Waals surface area (Å²) >= 11 is 3.37. The Bertz CT molecular complexity index is 1180. The van der Waals surface area contributed by atoms with E-state index in [9.17, 15) is 13.2 Å². The number of anilines is 1. The van der Waals surface area contributed by atoms with Gasteiger partial charge in [-0.25, -0.2) is 8.42 Å². The third-order valence-electron chi connectivity index (χ3n) is 4.67. The number of amides is 1. The third kappa shape index (κ3) is 6.34. The molecule has 0 radical (unpaired) electrons. The van der Waals surface area contributed by atoms with Crippen LogP contribution < -0.4 is 14.4 Å². The van der Waals surface area contributed by atoms with Crippen LogP contribution in [0, 0.1) is 13.8 Å². The Morgan fingerprint density at radius 3 is 2.38 bits per heavy atom. The molecule has 0 saturated carbocycles. The lowest BCUT2D eigenvalue weighted by atomic mass is 10.2. The first kappa shape index (κ1) is 23.8. The van der Waals surface area contributed by atoms with Crippen LogP contribution in [0.1, 0.15) is 11.1 Å². The Kier molecular flexibility index (Phi) is 7.93. The van der Waals surface area contributed by atoms with E-state index in [1.807, 2.05) is 38.1 Å². The number of ether oxygens (including phenoxy) is 1. The summed E-state index contributed by atoms with van der Waals surface area (Å²) < 4.78 is 34.1. The molecule has 32 heavy (non-hydrogen) atoms. The predicted octanol–water partition coefficient (Wildman–Crippen LogP) is 4.46. The van der Waals surface area contributed by atoms with Crippen LogP contribution in [0.3, 0.4) is 0 Å². The molecule has 0 fully saturated rings. The molecule has 0 aromatic heterocycles. The molecule has 3 rings (SSSR count). The van der Waals surface area contributed by atoms with Gasteiger partial charge in [0.15, 0.2) is 0 Å². The zero-order valence-electron chi connectivity index (χ0n) is 17.9. The fraction of sp³-hybridized carbons (Fsp3) is 0.208. The van der Waals surface area contributed by atoms with Crippen LogP contribution in [0.25, 0.3) is 0 Å². The zero-order valence-corrected chi connectivity index (χ0v) is 20.3. The summed E-state index contributed by atoms with van der Waals surface area (Å²) in [5, 5.41) is 2.73. The van der Waals surface area contributed by atoms with E-state index in [0.717, 1.165) is 21.2 Å². The number of rotatable bonds is 9. The van der Waals surface area contributed by atoms with Crippen molar-refractivity contribution in [2.75, 3.05) is 24.0 Å². The van der Waals surface area contributed by atoms with Crippen LogP contribution >= 0.6 is 15.9 Å². The molecule has 8 heteroatoms. The quantitative estimate of drug-likeness (QED) is 0.426. The zero-order chi connectivity index (χ0) is 23.1. The molecule has 168 valence electrons. The summed E-state index contributed by atoms with van der Waals surface area (Å²) in [6, 6.07) is 21.0. The van der Waals surface area contributed by atoms with Gasteiger partial charge < -0.3 is 10.1 Å². The van der Waals surface area contributed by atoms with Crippen molar-refractivity contribution in [3.63, 3.8) is 0 Å². The van der Waals surface area contributed by atoms with E-state index >= 15 is 0 Å². The Hall–Kier alpha value is -2.84. The van der Waals surface area contributed by atoms with Crippen molar-refractivity contribution in [1.82, 2.24) is 5.32 Å². The molecule has 3 aromatic carbocycles. The van der Waals surface area contributed by atoms with E-state index in [2.05, 4.69) is 21.2 Å². The van der Waals surface area contributed by atoms with Crippen molar-refractivity contribution >= 4 is 37.5 Å². The lowest BCUT2D eigenvalue weighted by Crippen LogP contribution is -2.41. The highest BCUT2D eigenvalue weighted by molar-refractivity contribution is 9.10. The molecule has 3 aromatic rings. The van der Waals surface area contributed by atoms with Crippen molar-refractivity contribution in [2.24, 2.45) is 0 Å². The first-order valence-electron chi connectivity index (χ1n) is 10.1. The summed E-state index contributed by atoms with van der Waals surface area (Å²) in [7, 11) is -3.94. The number of nitrogens with zero attached hydrogens (tertiary/aromatic N) is 1. The van der Waals surface area contributed by atoms with Gasteiger partial charge in [0.05, 0.1) is 17.1 Å². The molecule has 0 spiro atoms. The Balaban J connectivity index is 1.71. The number of benzene rings is 3. The fourth-order valence-corrected chi connectivity index (χ4v) is 4.83. The predicted molar refractivity (Wildman–Crippen MR) is 130 cm³/mol. The lowest BCUT2D eigenvalue weighted by Gasteiger charge is -2.24. The number of nitrogens with one attached hydrogen (secondary N) is 1. The van der Waals surface area contributed by atoms with Crippen LogP contribution in [0.4, 0.5) is 5.69 Å². The van der Waals surface area contributed by atoms with E-state index in [-0.39, 0.29) is 24.6 Å². The molecule has 0 bridgehead atoms. The molecule has 0 aliphatic heterocycles. The number of carbonyl (C=O) groups excluding carboxylic acids is 1. The third-order valence-corrected chi connectivity index (χ3v) is 6.96. The smallest absolute Gasteiger partial charge is 0.264 e. The fourth-order valence-electron chi connectivity index (χ4n) is 3.03. The Labute approximate surface area is 197 Å². The minimum atomic E-state index is -3.94. The van der Waals surface area contributed by atoms with Gasteiger partial charge in [0.1, 0.15) is 18.9 Å². The Morgan fingerprint density at radius 2 is 1.69 bits per heavy atom. The van der Waals surface area contributed by atoms with Gasteiger partial charge in [-0.1, -0.05) is 51.8 Å². The monoisotopic (exact) mass is 516 g/mol. The molecule has 1 N–H and O–H groups in total. The molecular formula is C24H25BrN2O4S. The van der Waals surface area contributed by atoms with Crippen molar-refractivity contribution in [2.45, 2.75) is 18.7 Å². The van der Waals surface area contributed by atoms with E-state index in [1.54, 1.807) is 48.5 Å². The average molecular weight is 517 g/mol. The van der Waals surface area contributed by atoms with Crippen molar-refractivity contribution in [3.05, 3.63) is 88.4 Å². The van der Waals surface area contributed by atoms with Crippen LogP contribution in [0.15, 0.2) is 82.2 Å². The molecule has 0 heterocycles. The molecule has 0 aliphatic carbocycles. The largest absolute Gasteiger partial charge is 0.492 e. The van der Waals surface area contributed by atoms with Gasteiger partial charge in [0.2, 0.25) is 5.91 Å². The van der Waals surface area contributed by atoms with E-state index in [4.69, 9.17) is 4.74 Å². The van der Waals surface area contributed by atoms with Gasteiger partial charge in [0, 0.05) is 4.47 Å². The lowest BCUT2D eigenvalue weighted by molar-refractivity contribution is -0.119. The SMILES string of the molecule is Cc1ccc(S(=O)(=O)N(CC(=O)NCCOc2cccc(C)c2)c2cccc(Br)c2)cc1. The van der Waals surface area contributed by atoms with Crippen LogP contribution in [0.2, 0.25) is 0 Å². The van der Waals surface area contributed by atoms with E-state index in [0.29, 0.717) is 10.2 Å². The minimum absolute atomic E-state index is 0.124. The van der Waals surface area contributed by atoms with Gasteiger partial charge in [0.25, 0.3) is 10.0 Å². The summed E-state index contributed by atoms with van der Waals surface area (Å²) in [5.41, 5.74) is 2.42. The van der Waals surface area contributed by atoms with Crippen molar-refractivity contribution in [1.29, 1.82) is 0 Å². The van der Waals surface area contributed by atoms with Gasteiger partial charge in [-0.3, -0.25) is 9.10 Å². The second-order valence-electron chi connectivity index (χ2n) is 7.32. The van der Waals surface area contributed by atoms with Crippen molar-refractivity contribution < 1.29 is 17.9 Å². The van der Waals surface area contributed by atoms with Crippen molar-refractivity contribution in [3.8, 4) is 5.75 Å². The highest BCUT2D eigenvalue weighted by Crippen LogP contribution is 2.26. The molecule has 0 unspecified atom stereocenters. The number of hydrogen-bond acceptors (Lipinski definition) is 4. The molecule has 0 atom stereocenters. The highest BCUT2D eigenvalue weighted by Gasteiger charge is 2.27. The highest BCUT2D eigenvalue weighted by atomic mass is 79.9. The summed E-state index contributed by atoms with van der Waals surface area (Å²) in [4.78, 5) is 12.7. The van der Waals surface area contributed by atoms with Gasteiger partial charge in [-0.15, -0.1) is 0 Å². The maximum absolute atomic E-state index is 13.3. The van der Waals surface area contributed by atoms with Crippen LogP contribution in [-0.4, -0.2) is 34.0 Å². The summed E-state index contributed by atoms with van der Waals surface area (Å²) in [5.74, 6) is 0.297. The minimum Gasteiger partial charge on any atom is -0.492 e. The molecule has 6 nitrogen and oxygen atoms in total. The number of carbonyl (C=O) groups is 1. The van der Waals surface area contributed by atoms with Gasteiger partial charge in [-0.2, -0.15) is 0 Å². The number of halogens is 1. The maximum Gasteiger partial charge on any atom is 0.264 e. The van der Waals surface area contributed by atoms with E-state index in [1.165, 1.54) is 0 Å². The normalized spacial score (nSPS) is 11.1. The standard InChI is InChI=1S/C24H25BrN2O4S/c1-18-9-11-23(12-10-18)32(29,30)27(21-7-4-6-20(25)16-21)17-24(28)26-13-14-31-22-8-3-5-19(2)15-22/h3-12,15-16H,13-14,17H2,1-2H3,(H,26,28). The number of hydrogen-bond donors (Lipinski definition) is 1. The number of sulfonamides is 1. The first-order valence-corrected chi connectivity index (χ1v) is 12.3. The molecule has 1 amide bonds. The van der Waals surface area contributed by atoms with Crippen LogP contribution in [0.5, 0.6) is 5.75 Å². The topological polar surface area (TPSA) is 75.7 Å². The average Bonchev–Trinajstić information content (AvgIpc) is 2.75. The molecule has 0 aliphatic rings. The maximum atomic E-state index is 13.3. The second-order valence-corrected chi connectivity index (χ2v) is 10.1. The second kappa shape index (κ2) is 10.7. The van der Waals surface area contributed by atoms with Gasteiger partial charge in [-0.05, 0) is 61.9 Å². The summed E-state index contributed by atoms with van der Waals surface area (Å²) in [6.45, 7) is 4.03. The van der Waals surface area contributed by atoms with Gasteiger partial charge >= 0.3 is 0 Å². The molecular weight excluding hydrogens is 492 g/mol. The Morgan fingerprint density at radius 1 is 0.969 bits per heavy atom. The molecule has 0 saturated heterocycles. The van der Waals surface area contributed by atoms with Crippen LogP contribution in [-0.2, 0) is 14.8 Å². The van der Waals surface area contributed by atoms with E-state index < -0.39 is 15.9 Å². The summed E-state index contributed by atoms with van der Waals surface area (Å²) in [6.07, 6.45) is 0. The number of aryl methyl sites for hydroxylation is 2.